The predicted octanol–water partition coefficient (Wildman–Crippen LogP) is 1.97. The van der Waals surface area contributed by atoms with Crippen LogP contribution in [0, 0.1) is 0 Å². The molecule has 1 aromatic carbocycles. The molecule has 4 nitrogen and oxygen atoms in total. The van der Waals surface area contributed by atoms with Crippen LogP contribution in [0.2, 0.25) is 0 Å². The van der Waals surface area contributed by atoms with E-state index in [2.05, 4.69) is 5.32 Å². The number of nitrogens with one attached hydrogen (secondary N) is 1. The molecule has 0 amide bonds. The van der Waals surface area contributed by atoms with Gasteiger partial charge in [-0.25, -0.2) is 4.79 Å². The molecule has 0 saturated heterocycles. The van der Waals surface area contributed by atoms with Gasteiger partial charge in [0.2, 0.25) is 0 Å². The summed E-state index contributed by atoms with van der Waals surface area (Å²) < 4.78 is 5.68. The number of fused-ring (bicyclic) bond motifs is 1. The number of rotatable bonds is 1. The van der Waals surface area contributed by atoms with Gasteiger partial charge < -0.3 is 15.2 Å². The lowest BCUT2D eigenvalue weighted by Gasteiger charge is -2.33. The highest BCUT2D eigenvalue weighted by atomic mass is 16.5. The van der Waals surface area contributed by atoms with Gasteiger partial charge in [0.1, 0.15) is 11.4 Å². The Morgan fingerprint density at radius 1 is 1.53 bits per heavy atom. The van der Waals surface area contributed by atoms with Crippen molar-refractivity contribution in [1.82, 2.24) is 0 Å². The highest BCUT2D eigenvalue weighted by Gasteiger charge is 2.26. The van der Waals surface area contributed by atoms with E-state index in [9.17, 15) is 4.79 Å². The van der Waals surface area contributed by atoms with Gasteiger partial charge in [0.05, 0.1) is 17.8 Å². The number of ether oxygens (including phenoxy) is 1. The van der Waals surface area contributed by atoms with Crippen LogP contribution in [0.3, 0.4) is 0 Å². The van der Waals surface area contributed by atoms with E-state index in [1.165, 1.54) is 0 Å². The van der Waals surface area contributed by atoms with Crippen LogP contribution in [0.4, 0.5) is 5.69 Å². The van der Waals surface area contributed by atoms with E-state index in [4.69, 9.17) is 9.84 Å². The first-order valence-corrected chi connectivity index (χ1v) is 4.78. The molecule has 15 heavy (non-hydrogen) atoms. The molecule has 0 radical (unpaired) electrons. The predicted molar refractivity (Wildman–Crippen MR) is 56.6 cm³/mol. The average Bonchev–Trinajstić information content (AvgIpc) is 2.15. The molecule has 2 N–H and O–H groups in total. The molecule has 4 heteroatoms. The lowest BCUT2D eigenvalue weighted by atomic mass is 10.1. The second kappa shape index (κ2) is 3.15. The Kier molecular flexibility index (Phi) is 2.07. The van der Waals surface area contributed by atoms with Crippen molar-refractivity contribution < 1.29 is 14.6 Å². The fourth-order valence-corrected chi connectivity index (χ4v) is 1.53. The standard InChI is InChI=1S/C11H13NO3/c1-11(2)6-12-8-4-3-7(10(13)14)5-9(8)15-11/h3-5,12H,6H2,1-2H3,(H,13,14). The lowest BCUT2D eigenvalue weighted by Crippen LogP contribution is -2.40. The smallest absolute Gasteiger partial charge is 0.335 e. The van der Waals surface area contributed by atoms with Gasteiger partial charge in [-0.1, -0.05) is 0 Å². The molecule has 0 fully saturated rings. The molecule has 1 aliphatic rings. The minimum Gasteiger partial charge on any atom is -0.484 e. The number of hydrogen-bond donors (Lipinski definition) is 2. The number of hydrogen-bond acceptors (Lipinski definition) is 3. The molecule has 0 aliphatic carbocycles. The first-order chi connectivity index (χ1) is 6.98. The number of carbonyl (C=O) groups is 1. The van der Waals surface area contributed by atoms with Gasteiger partial charge in [-0.3, -0.25) is 0 Å². The molecule has 0 atom stereocenters. The fourth-order valence-electron chi connectivity index (χ4n) is 1.53. The molecule has 1 aromatic rings. The molecular weight excluding hydrogens is 194 g/mol. The summed E-state index contributed by atoms with van der Waals surface area (Å²) in [5.74, 6) is -0.337. The molecule has 0 aromatic heterocycles. The summed E-state index contributed by atoms with van der Waals surface area (Å²) in [6, 6.07) is 4.84. The van der Waals surface area contributed by atoms with Crippen molar-refractivity contribution in [3.05, 3.63) is 23.8 Å². The van der Waals surface area contributed by atoms with Crippen LogP contribution in [-0.4, -0.2) is 23.2 Å². The molecular formula is C11H13NO3. The molecule has 80 valence electrons. The van der Waals surface area contributed by atoms with Crippen LogP contribution in [0.1, 0.15) is 24.2 Å². The summed E-state index contributed by atoms with van der Waals surface area (Å²) in [6.07, 6.45) is 0. The van der Waals surface area contributed by atoms with E-state index in [0.29, 0.717) is 12.3 Å². The van der Waals surface area contributed by atoms with Crippen molar-refractivity contribution in [2.24, 2.45) is 0 Å². The molecule has 1 aliphatic heterocycles. The van der Waals surface area contributed by atoms with Gasteiger partial charge in [0, 0.05) is 0 Å². The maximum absolute atomic E-state index is 10.8. The highest BCUT2D eigenvalue weighted by Crippen LogP contribution is 2.33. The van der Waals surface area contributed by atoms with Crippen molar-refractivity contribution >= 4 is 11.7 Å². The van der Waals surface area contributed by atoms with E-state index in [1.54, 1.807) is 18.2 Å². The largest absolute Gasteiger partial charge is 0.484 e. The number of aromatic carboxylic acids is 1. The quantitative estimate of drug-likeness (QED) is 0.739. The summed E-state index contributed by atoms with van der Waals surface area (Å²) in [6.45, 7) is 4.62. The average molecular weight is 207 g/mol. The summed E-state index contributed by atoms with van der Waals surface area (Å²) in [5, 5.41) is 12.0. The SMILES string of the molecule is CC1(C)CNc2ccc(C(=O)O)cc2O1. The van der Waals surface area contributed by atoms with Crippen molar-refractivity contribution in [1.29, 1.82) is 0 Å². The van der Waals surface area contributed by atoms with Gasteiger partial charge in [0.15, 0.2) is 0 Å². The Morgan fingerprint density at radius 2 is 2.27 bits per heavy atom. The van der Waals surface area contributed by atoms with E-state index in [0.717, 1.165) is 5.69 Å². The van der Waals surface area contributed by atoms with Crippen LogP contribution in [0.5, 0.6) is 5.75 Å². The summed E-state index contributed by atoms with van der Waals surface area (Å²) in [4.78, 5) is 10.8. The van der Waals surface area contributed by atoms with Gasteiger partial charge in [-0.05, 0) is 32.0 Å². The minimum atomic E-state index is -0.940. The van der Waals surface area contributed by atoms with Gasteiger partial charge in [0.25, 0.3) is 0 Å². The normalized spacial score (nSPS) is 17.2. The van der Waals surface area contributed by atoms with Gasteiger partial charge in [-0.2, -0.15) is 0 Å². The molecule has 0 saturated carbocycles. The van der Waals surface area contributed by atoms with Gasteiger partial charge >= 0.3 is 5.97 Å². The Balaban J connectivity index is 2.39. The van der Waals surface area contributed by atoms with E-state index >= 15 is 0 Å². The van der Waals surface area contributed by atoms with Crippen LogP contribution in [0.15, 0.2) is 18.2 Å². The van der Waals surface area contributed by atoms with E-state index in [-0.39, 0.29) is 11.2 Å². The number of carboxylic acids is 1. The van der Waals surface area contributed by atoms with Gasteiger partial charge in [-0.15, -0.1) is 0 Å². The zero-order valence-corrected chi connectivity index (χ0v) is 8.70. The van der Waals surface area contributed by atoms with Crippen molar-refractivity contribution in [2.75, 3.05) is 11.9 Å². The van der Waals surface area contributed by atoms with Crippen molar-refractivity contribution in [3.63, 3.8) is 0 Å². The van der Waals surface area contributed by atoms with E-state index in [1.807, 2.05) is 13.8 Å². The Bertz CT molecular complexity index is 412. The topological polar surface area (TPSA) is 58.6 Å². The third kappa shape index (κ3) is 1.88. The van der Waals surface area contributed by atoms with Crippen LogP contribution < -0.4 is 10.1 Å². The molecule has 1 heterocycles. The number of carboxylic acid groups (broad SMARTS) is 1. The zero-order valence-electron chi connectivity index (χ0n) is 8.70. The van der Waals surface area contributed by atoms with E-state index < -0.39 is 5.97 Å². The third-order valence-electron chi connectivity index (χ3n) is 2.32. The first kappa shape index (κ1) is 9.83. The molecule has 0 unspecified atom stereocenters. The maximum atomic E-state index is 10.8. The Hall–Kier alpha value is -1.71. The van der Waals surface area contributed by atoms with Crippen molar-refractivity contribution in [3.8, 4) is 5.75 Å². The Labute approximate surface area is 87.9 Å². The molecule has 0 bridgehead atoms. The minimum absolute atomic E-state index is 0.244. The third-order valence-corrected chi connectivity index (χ3v) is 2.32. The van der Waals surface area contributed by atoms with Crippen LogP contribution in [0.25, 0.3) is 0 Å². The maximum Gasteiger partial charge on any atom is 0.335 e. The lowest BCUT2D eigenvalue weighted by molar-refractivity contribution is 0.0694. The molecule has 2 rings (SSSR count). The number of benzene rings is 1. The van der Waals surface area contributed by atoms with Crippen molar-refractivity contribution in [2.45, 2.75) is 19.4 Å². The second-order valence-electron chi connectivity index (χ2n) is 4.23. The number of anilines is 1. The van der Waals surface area contributed by atoms with Crippen LogP contribution >= 0.6 is 0 Å². The zero-order chi connectivity index (χ0) is 11.1. The summed E-state index contributed by atoms with van der Waals surface area (Å²) >= 11 is 0. The summed E-state index contributed by atoms with van der Waals surface area (Å²) in [7, 11) is 0. The monoisotopic (exact) mass is 207 g/mol. The highest BCUT2D eigenvalue weighted by molar-refractivity contribution is 5.89. The molecule has 0 spiro atoms. The first-order valence-electron chi connectivity index (χ1n) is 4.78. The fraction of sp³-hybridized carbons (Fsp3) is 0.364. The summed E-state index contributed by atoms with van der Waals surface area (Å²) in [5.41, 5.74) is 0.789. The second-order valence-corrected chi connectivity index (χ2v) is 4.23. The Morgan fingerprint density at radius 3 is 2.93 bits per heavy atom. The van der Waals surface area contributed by atoms with Crippen LogP contribution in [-0.2, 0) is 0 Å².